The van der Waals surface area contributed by atoms with Crippen LogP contribution in [0.15, 0.2) is 48.8 Å². The van der Waals surface area contributed by atoms with Gasteiger partial charge in [0.15, 0.2) is 0 Å². The fraction of sp³-hybridized carbons (Fsp3) is 0.154. The molecule has 0 aliphatic carbocycles. The fourth-order valence-electron chi connectivity index (χ4n) is 1.51. The molecule has 0 fully saturated rings. The molecule has 3 rings (SSSR count). The van der Waals surface area contributed by atoms with Crippen LogP contribution in [0.1, 0.15) is 5.56 Å². The molecule has 1 amide bonds. The largest absolute Gasteiger partial charge is 0.497 e. The highest BCUT2D eigenvalue weighted by Gasteiger charge is 2.15. The summed E-state index contributed by atoms with van der Waals surface area (Å²) < 4.78 is 4.80. The van der Waals surface area contributed by atoms with Gasteiger partial charge in [0.05, 0.1) is 12.7 Å². The Labute approximate surface area is 94.4 Å². The first-order chi connectivity index (χ1) is 7.86. The van der Waals surface area contributed by atoms with E-state index in [-0.39, 0.29) is 5.91 Å². The van der Waals surface area contributed by atoms with Crippen LogP contribution in [0.5, 0.6) is 0 Å². The van der Waals surface area contributed by atoms with Gasteiger partial charge in [0.2, 0.25) is 5.91 Å². The van der Waals surface area contributed by atoms with Gasteiger partial charge in [-0.25, -0.2) is 0 Å². The zero-order valence-corrected chi connectivity index (χ0v) is 8.85. The van der Waals surface area contributed by atoms with E-state index in [9.17, 15) is 4.79 Å². The minimum Gasteiger partial charge on any atom is -0.497 e. The molecular formula is C13H13NO2. The highest BCUT2D eigenvalue weighted by molar-refractivity contribution is 5.98. The molecule has 0 saturated heterocycles. The number of nitrogens with one attached hydrogen (secondary N) is 1. The molecule has 3 heteroatoms. The van der Waals surface area contributed by atoms with E-state index >= 15 is 0 Å². The quantitative estimate of drug-likeness (QED) is 0.721. The Hall–Kier alpha value is -2.03. The Morgan fingerprint density at radius 2 is 2.06 bits per heavy atom. The summed E-state index contributed by atoms with van der Waals surface area (Å²) in [5, 5.41) is 2.76. The average molecular weight is 215 g/mol. The standard InChI is InChI=1S/C8H7NO.C5H6O/c10-8-5-6-3-1-2-4-7(6)9-8;1-2-4-6-5-3-1/h1-4H,5H2,(H,9,10);1-4H,5H2. The summed E-state index contributed by atoms with van der Waals surface area (Å²) >= 11 is 0. The predicted octanol–water partition coefficient (Wildman–Crippen LogP) is 2.27. The molecule has 0 radical (unpaired) electrons. The molecular weight excluding hydrogens is 202 g/mol. The van der Waals surface area contributed by atoms with E-state index in [4.69, 9.17) is 4.74 Å². The minimum absolute atomic E-state index is 0.0983. The minimum atomic E-state index is 0.0983. The number of carbonyl (C=O) groups excluding carboxylic acids is 1. The van der Waals surface area contributed by atoms with Crippen molar-refractivity contribution < 1.29 is 9.53 Å². The Morgan fingerprint density at radius 3 is 2.62 bits per heavy atom. The van der Waals surface area contributed by atoms with Crippen LogP contribution in [-0.2, 0) is 16.0 Å². The van der Waals surface area contributed by atoms with E-state index in [1.807, 2.05) is 42.5 Å². The van der Waals surface area contributed by atoms with Gasteiger partial charge in [0.1, 0.15) is 6.61 Å². The third-order valence-corrected chi connectivity index (χ3v) is 2.26. The monoisotopic (exact) mass is 215 g/mol. The summed E-state index contributed by atoms with van der Waals surface area (Å²) in [5.74, 6) is 0.0983. The van der Waals surface area contributed by atoms with E-state index in [0.717, 1.165) is 17.9 Å². The topological polar surface area (TPSA) is 38.3 Å². The lowest BCUT2D eigenvalue weighted by Gasteiger charge is -1.94. The second-order valence-corrected chi connectivity index (χ2v) is 3.47. The van der Waals surface area contributed by atoms with Crippen molar-refractivity contribution in [3.05, 3.63) is 54.3 Å². The van der Waals surface area contributed by atoms with Crippen LogP contribution in [-0.4, -0.2) is 12.5 Å². The molecule has 0 unspecified atom stereocenters. The number of rotatable bonds is 0. The van der Waals surface area contributed by atoms with E-state index in [2.05, 4.69) is 5.32 Å². The van der Waals surface area contributed by atoms with Gasteiger partial charge in [-0.1, -0.05) is 24.3 Å². The average Bonchev–Trinajstić information content (AvgIpc) is 2.72. The maximum absolute atomic E-state index is 10.8. The SMILES string of the molecule is C1=CCOC=C1.O=C1Cc2ccccc2N1. The van der Waals surface area contributed by atoms with Crippen molar-refractivity contribution in [2.75, 3.05) is 11.9 Å². The van der Waals surface area contributed by atoms with Crippen molar-refractivity contribution in [2.24, 2.45) is 0 Å². The lowest BCUT2D eigenvalue weighted by atomic mass is 10.2. The van der Waals surface area contributed by atoms with Crippen LogP contribution in [0.2, 0.25) is 0 Å². The van der Waals surface area contributed by atoms with Crippen LogP contribution < -0.4 is 5.32 Å². The van der Waals surface area contributed by atoms with E-state index < -0.39 is 0 Å². The normalized spacial score (nSPS) is 15.6. The number of ether oxygens (including phenoxy) is 1. The molecule has 3 nitrogen and oxygen atoms in total. The smallest absolute Gasteiger partial charge is 0.228 e. The number of fused-ring (bicyclic) bond motifs is 1. The van der Waals surface area contributed by atoms with Gasteiger partial charge in [-0.3, -0.25) is 4.79 Å². The van der Waals surface area contributed by atoms with E-state index in [1.165, 1.54) is 0 Å². The van der Waals surface area contributed by atoms with Gasteiger partial charge in [0.25, 0.3) is 0 Å². The van der Waals surface area contributed by atoms with Crippen LogP contribution in [0.4, 0.5) is 5.69 Å². The van der Waals surface area contributed by atoms with Crippen LogP contribution in [0.3, 0.4) is 0 Å². The number of benzene rings is 1. The first-order valence-corrected chi connectivity index (χ1v) is 5.17. The van der Waals surface area contributed by atoms with Gasteiger partial charge in [-0.05, 0) is 23.8 Å². The third kappa shape index (κ3) is 2.73. The predicted molar refractivity (Wildman–Crippen MR) is 63.0 cm³/mol. The van der Waals surface area contributed by atoms with Gasteiger partial charge >= 0.3 is 0 Å². The molecule has 0 aromatic heterocycles. The summed E-state index contributed by atoms with van der Waals surface area (Å²) in [7, 11) is 0. The number of allylic oxidation sites excluding steroid dienone is 2. The number of hydrogen-bond acceptors (Lipinski definition) is 2. The molecule has 0 atom stereocenters. The number of amides is 1. The second kappa shape index (κ2) is 5.16. The molecule has 1 aromatic rings. The zero-order chi connectivity index (χ0) is 11.2. The highest BCUT2D eigenvalue weighted by atomic mass is 16.5. The molecule has 0 saturated carbocycles. The Morgan fingerprint density at radius 1 is 1.19 bits per heavy atom. The molecule has 1 N–H and O–H groups in total. The van der Waals surface area contributed by atoms with Crippen LogP contribution >= 0.6 is 0 Å². The zero-order valence-electron chi connectivity index (χ0n) is 8.85. The van der Waals surface area contributed by atoms with Gasteiger partial charge in [-0.2, -0.15) is 0 Å². The van der Waals surface area contributed by atoms with Crippen LogP contribution in [0.25, 0.3) is 0 Å². The molecule has 0 bridgehead atoms. The summed E-state index contributed by atoms with van der Waals surface area (Å²) in [4.78, 5) is 10.8. The fourth-order valence-corrected chi connectivity index (χ4v) is 1.51. The summed E-state index contributed by atoms with van der Waals surface area (Å²) in [5.41, 5.74) is 2.07. The van der Waals surface area contributed by atoms with Gasteiger partial charge in [0, 0.05) is 5.69 Å². The maximum Gasteiger partial charge on any atom is 0.228 e. The Bertz CT molecular complexity index is 396. The second-order valence-electron chi connectivity index (χ2n) is 3.47. The lowest BCUT2D eigenvalue weighted by Crippen LogP contribution is -2.03. The summed E-state index contributed by atoms with van der Waals surface area (Å²) in [6.07, 6.45) is 8.00. The van der Waals surface area contributed by atoms with Crippen molar-refractivity contribution >= 4 is 11.6 Å². The number of hydrogen-bond donors (Lipinski definition) is 1. The van der Waals surface area contributed by atoms with E-state index in [1.54, 1.807) is 6.26 Å². The first kappa shape index (κ1) is 10.5. The van der Waals surface area contributed by atoms with Crippen molar-refractivity contribution in [2.45, 2.75) is 6.42 Å². The third-order valence-electron chi connectivity index (χ3n) is 2.26. The Balaban J connectivity index is 0.000000138. The first-order valence-electron chi connectivity index (χ1n) is 5.17. The summed E-state index contributed by atoms with van der Waals surface area (Å²) in [6, 6.07) is 7.75. The van der Waals surface area contributed by atoms with Crippen LogP contribution in [0, 0.1) is 0 Å². The van der Waals surface area contributed by atoms with Crippen molar-refractivity contribution in [1.29, 1.82) is 0 Å². The summed E-state index contributed by atoms with van der Waals surface area (Å²) in [6.45, 7) is 0.733. The molecule has 82 valence electrons. The Kier molecular flexibility index (Phi) is 3.38. The lowest BCUT2D eigenvalue weighted by molar-refractivity contribution is -0.115. The molecule has 1 aromatic carbocycles. The number of anilines is 1. The molecule has 2 heterocycles. The number of para-hydroxylation sites is 1. The molecule has 16 heavy (non-hydrogen) atoms. The van der Waals surface area contributed by atoms with Gasteiger partial charge < -0.3 is 10.1 Å². The molecule has 2 aliphatic heterocycles. The van der Waals surface area contributed by atoms with E-state index in [0.29, 0.717) is 6.42 Å². The maximum atomic E-state index is 10.8. The van der Waals surface area contributed by atoms with Crippen molar-refractivity contribution in [3.8, 4) is 0 Å². The highest BCUT2D eigenvalue weighted by Crippen LogP contribution is 2.20. The van der Waals surface area contributed by atoms with Crippen molar-refractivity contribution in [3.63, 3.8) is 0 Å². The molecule has 2 aliphatic rings. The number of carbonyl (C=O) groups is 1. The van der Waals surface area contributed by atoms with Crippen molar-refractivity contribution in [1.82, 2.24) is 0 Å². The molecule has 0 spiro atoms. The van der Waals surface area contributed by atoms with Gasteiger partial charge in [-0.15, -0.1) is 0 Å².